The molecule has 0 saturated heterocycles. The summed E-state index contributed by atoms with van der Waals surface area (Å²) in [7, 11) is 3.25. The molecule has 102 valence electrons. The van der Waals surface area contributed by atoms with Crippen LogP contribution in [0.5, 0.6) is 0 Å². The Morgan fingerprint density at radius 1 is 1.47 bits per heavy atom. The summed E-state index contributed by atoms with van der Waals surface area (Å²) in [4.78, 5) is 22.5. The number of carbonyl (C=O) groups excluding carboxylic acids is 1. The van der Waals surface area contributed by atoms with E-state index in [0.29, 0.717) is 5.58 Å². The Morgan fingerprint density at radius 3 is 3.00 bits per heavy atom. The highest BCUT2D eigenvalue weighted by molar-refractivity contribution is 5.76. The lowest BCUT2D eigenvalue weighted by molar-refractivity contribution is -0.126. The first kappa shape index (κ1) is 13.3. The van der Waals surface area contributed by atoms with Crippen molar-refractivity contribution in [2.45, 2.75) is 6.61 Å². The molecule has 0 aliphatic rings. The Kier molecular flexibility index (Phi) is 3.98. The second kappa shape index (κ2) is 5.68. The number of aryl methyl sites for hydroxylation is 1. The molecule has 1 aromatic heterocycles. The SMILES string of the molecule is CNNC(=O)COCc1ccc2c(c1)oc(=O)n2C. The van der Waals surface area contributed by atoms with Gasteiger partial charge in [0, 0.05) is 14.1 Å². The maximum Gasteiger partial charge on any atom is 0.419 e. The molecular formula is C12H15N3O4. The number of hydrazine groups is 1. The number of aromatic nitrogens is 1. The van der Waals surface area contributed by atoms with Crippen molar-refractivity contribution in [1.29, 1.82) is 0 Å². The average Bonchev–Trinajstić information content (AvgIpc) is 2.65. The van der Waals surface area contributed by atoms with Crippen LogP contribution in [-0.4, -0.2) is 24.1 Å². The van der Waals surface area contributed by atoms with Gasteiger partial charge in [-0.1, -0.05) is 6.07 Å². The quantitative estimate of drug-likeness (QED) is 0.737. The van der Waals surface area contributed by atoms with Gasteiger partial charge < -0.3 is 9.15 Å². The molecule has 2 aromatic rings. The first-order chi connectivity index (χ1) is 9.11. The van der Waals surface area contributed by atoms with Crippen LogP contribution in [0.15, 0.2) is 27.4 Å². The molecular weight excluding hydrogens is 250 g/mol. The predicted octanol–water partition coefficient (Wildman–Crippen LogP) is -0.101. The lowest BCUT2D eigenvalue weighted by atomic mass is 10.2. The third-order valence-electron chi connectivity index (χ3n) is 2.62. The zero-order valence-corrected chi connectivity index (χ0v) is 10.7. The Morgan fingerprint density at radius 2 is 2.26 bits per heavy atom. The average molecular weight is 265 g/mol. The normalized spacial score (nSPS) is 10.8. The van der Waals surface area contributed by atoms with Crippen molar-refractivity contribution in [2.75, 3.05) is 13.7 Å². The number of nitrogens with one attached hydrogen (secondary N) is 2. The summed E-state index contributed by atoms with van der Waals surface area (Å²) in [6.07, 6.45) is 0. The van der Waals surface area contributed by atoms with Crippen LogP contribution in [0.25, 0.3) is 11.1 Å². The lowest BCUT2D eigenvalue weighted by Crippen LogP contribution is -2.36. The standard InChI is InChI=1S/C12H15N3O4/c1-13-14-11(16)7-18-6-8-3-4-9-10(5-8)19-12(17)15(9)2/h3-5,13H,6-7H2,1-2H3,(H,14,16). The van der Waals surface area contributed by atoms with E-state index in [-0.39, 0.29) is 19.1 Å². The summed E-state index contributed by atoms with van der Waals surface area (Å²) < 4.78 is 11.7. The van der Waals surface area contributed by atoms with E-state index in [4.69, 9.17) is 9.15 Å². The third-order valence-corrected chi connectivity index (χ3v) is 2.62. The monoisotopic (exact) mass is 265 g/mol. The zero-order chi connectivity index (χ0) is 13.8. The van der Waals surface area contributed by atoms with Crippen molar-refractivity contribution in [3.63, 3.8) is 0 Å². The van der Waals surface area contributed by atoms with Crippen LogP contribution < -0.4 is 16.6 Å². The molecule has 2 rings (SSSR count). The van der Waals surface area contributed by atoms with Crippen LogP contribution in [0.3, 0.4) is 0 Å². The molecule has 0 spiro atoms. The van der Waals surface area contributed by atoms with Crippen molar-refractivity contribution in [3.05, 3.63) is 34.3 Å². The fourth-order valence-electron chi connectivity index (χ4n) is 1.71. The van der Waals surface area contributed by atoms with E-state index in [2.05, 4.69) is 10.9 Å². The third kappa shape index (κ3) is 3.01. The summed E-state index contributed by atoms with van der Waals surface area (Å²) >= 11 is 0. The molecule has 0 radical (unpaired) electrons. The van der Waals surface area contributed by atoms with Gasteiger partial charge in [-0.15, -0.1) is 0 Å². The number of oxazole rings is 1. The molecule has 2 N–H and O–H groups in total. The molecule has 0 bridgehead atoms. The Balaban J connectivity index is 2.02. The molecule has 0 unspecified atom stereocenters. The number of hydrogen-bond acceptors (Lipinski definition) is 5. The summed E-state index contributed by atoms with van der Waals surface area (Å²) in [5.74, 6) is -0.656. The van der Waals surface area contributed by atoms with Gasteiger partial charge in [-0.2, -0.15) is 0 Å². The largest absolute Gasteiger partial charge is 0.419 e. The number of ether oxygens (including phenoxy) is 1. The van der Waals surface area contributed by atoms with Gasteiger partial charge in [-0.3, -0.25) is 14.8 Å². The van der Waals surface area contributed by atoms with E-state index < -0.39 is 5.76 Å². The molecule has 0 saturated carbocycles. The highest BCUT2D eigenvalue weighted by atomic mass is 16.5. The van der Waals surface area contributed by atoms with Crippen LogP contribution in [0.1, 0.15) is 5.56 Å². The van der Waals surface area contributed by atoms with Gasteiger partial charge in [0.15, 0.2) is 5.58 Å². The second-order valence-electron chi connectivity index (χ2n) is 4.02. The minimum Gasteiger partial charge on any atom is -0.408 e. The van der Waals surface area contributed by atoms with E-state index in [0.717, 1.165) is 11.1 Å². The minimum atomic E-state index is -0.401. The molecule has 0 aliphatic heterocycles. The van der Waals surface area contributed by atoms with E-state index in [1.807, 2.05) is 6.07 Å². The van der Waals surface area contributed by atoms with E-state index in [1.54, 1.807) is 26.2 Å². The maximum atomic E-state index is 11.3. The number of amides is 1. The summed E-state index contributed by atoms with van der Waals surface area (Å²) in [6.45, 7) is 0.225. The number of benzene rings is 1. The van der Waals surface area contributed by atoms with Gasteiger partial charge in [0.25, 0.3) is 5.91 Å². The highest BCUT2D eigenvalue weighted by Crippen LogP contribution is 2.14. The molecule has 19 heavy (non-hydrogen) atoms. The number of fused-ring (bicyclic) bond motifs is 1. The summed E-state index contributed by atoms with van der Waals surface area (Å²) in [5, 5.41) is 0. The van der Waals surface area contributed by atoms with Crippen LogP contribution in [0, 0.1) is 0 Å². The number of carbonyl (C=O) groups is 1. The van der Waals surface area contributed by atoms with Crippen LogP contribution in [0.2, 0.25) is 0 Å². The van der Waals surface area contributed by atoms with Crippen LogP contribution in [-0.2, 0) is 23.2 Å². The second-order valence-corrected chi connectivity index (χ2v) is 4.02. The van der Waals surface area contributed by atoms with Crippen molar-refractivity contribution in [2.24, 2.45) is 7.05 Å². The number of nitrogens with zero attached hydrogens (tertiary/aromatic N) is 1. The van der Waals surface area contributed by atoms with Gasteiger partial charge in [-0.05, 0) is 17.7 Å². The highest BCUT2D eigenvalue weighted by Gasteiger charge is 2.07. The lowest BCUT2D eigenvalue weighted by Gasteiger charge is -2.05. The van der Waals surface area contributed by atoms with Gasteiger partial charge >= 0.3 is 5.76 Å². The smallest absolute Gasteiger partial charge is 0.408 e. The van der Waals surface area contributed by atoms with E-state index >= 15 is 0 Å². The van der Waals surface area contributed by atoms with Crippen molar-refractivity contribution in [3.8, 4) is 0 Å². The van der Waals surface area contributed by atoms with Crippen molar-refractivity contribution >= 4 is 17.0 Å². The van der Waals surface area contributed by atoms with Gasteiger partial charge in [0.2, 0.25) is 0 Å². The molecule has 7 nitrogen and oxygen atoms in total. The fraction of sp³-hybridized carbons (Fsp3) is 0.333. The first-order valence-corrected chi connectivity index (χ1v) is 5.73. The minimum absolute atomic E-state index is 0.0440. The Hall–Kier alpha value is -2.12. The van der Waals surface area contributed by atoms with Crippen molar-refractivity contribution in [1.82, 2.24) is 15.4 Å². The number of hydrogen-bond donors (Lipinski definition) is 2. The van der Waals surface area contributed by atoms with Gasteiger partial charge in [0.1, 0.15) is 6.61 Å². The topological polar surface area (TPSA) is 85.5 Å². The maximum absolute atomic E-state index is 11.3. The fourth-order valence-corrected chi connectivity index (χ4v) is 1.71. The molecule has 1 aromatic carbocycles. The van der Waals surface area contributed by atoms with E-state index in [9.17, 15) is 9.59 Å². The molecule has 0 fully saturated rings. The molecule has 7 heteroatoms. The summed E-state index contributed by atoms with van der Waals surface area (Å²) in [5.41, 5.74) is 6.98. The Bertz CT molecular complexity index is 644. The molecule has 0 aliphatic carbocycles. The molecule has 1 amide bonds. The van der Waals surface area contributed by atoms with Crippen LogP contribution >= 0.6 is 0 Å². The zero-order valence-electron chi connectivity index (χ0n) is 10.7. The number of rotatable bonds is 5. The van der Waals surface area contributed by atoms with Crippen LogP contribution in [0.4, 0.5) is 0 Å². The van der Waals surface area contributed by atoms with E-state index in [1.165, 1.54) is 4.57 Å². The van der Waals surface area contributed by atoms with Crippen molar-refractivity contribution < 1.29 is 13.9 Å². The molecule has 1 heterocycles. The predicted molar refractivity (Wildman–Crippen MR) is 68.3 cm³/mol. The molecule has 0 atom stereocenters. The van der Waals surface area contributed by atoms with Gasteiger partial charge in [-0.25, -0.2) is 10.2 Å². The van der Waals surface area contributed by atoms with Gasteiger partial charge in [0.05, 0.1) is 12.1 Å². The Labute approximate surface area is 109 Å². The first-order valence-electron chi connectivity index (χ1n) is 5.73. The summed E-state index contributed by atoms with van der Waals surface area (Å²) in [6, 6.07) is 5.34.